The number of carbonyl (C=O) groups excluding carboxylic acids is 1. The van der Waals surface area contributed by atoms with Crippen molar-refractivity contribution in [1.29, 1.82) is 0 Å². The van der Waals surface area contributed by atoms with E-state index in [-0.39, 0.29) is 29.5 Å². The zero-order valence-corrected chi connectivity index (χ0v) is 18.2. The Labute approximate surface area is 187 Å². The van der Waals surface area contributed by atoms with Crippen molar-refractivity contribution < 1.29 is 18.7 Å². The third-order valence-electron chi connectivity index (χ3n) is 5.54. The number of carbonyl (C=O) groups is 1. The van der Waals surface area contributed by atoms with Crippen LogP contribution in [0.1, 0.15) is 36.1 Å². The van der Waals surface area contributed by atoms with Gasteiger partial charge in [-0.2, -0.15) is 0 Å². The van der Waals surface area contributed by atoms with Crippen LogP contribution in [0.3, 0.4) is 0 Å². The molecule has 3 atom stereocenters. The van der Waals surface area contributed by atoms with E-state index in [1.807, 2.05) is 24.3 Å². The van der Waals surface area contributed by atoms with Crippen LogP contribution in [0, 0.1) is 21.1 Å². The lowest BCUT2D eigenvalue weighted by molar-refractivity contribution is -0.131. The number of β-lactam (4-membered cyclic amide) rings is 1. The molecule has 154 valence electrons. The van der Waals surface area contributed by atoms with Crippen molar-refractivity contribution in [3.63, 3.8) is 0 Å². The minimum atomic E-state index is -0.768. The van der Waals surface area contributed by atoms with Crippen LogP contribution in [0.5, 0.6) is 0 Å². The second kappa shape index (κ2) is 8.81. The molecule has 1 aliphatic rings. The van der Waals surface area contributed by atoms with E-state index in [2.05, 4.69) is 22.6 Å². The Morgan fingerprint density at radius 3 is 2.07 bits per heavy atom. The second-order valence-electron chi connectivity index (χ2n) is 7.43. The van der Waals surface area contributed by atoms with E-state index >= 15 is 0 Å². The lowest BCUT2D eigenvalue weighted by Gasteiger charge is -2.48. The number of amides is 1. The molecular weight excluding hydrogens is 499 g/mol. The summed E-state index contributed by atoms with van der Waals surface area (Å²) >= 11 is 2.23. The lowest BCUT2D eigenvalue weighted by Crippen LogP contribution is -2.55. The second-order valence-corrected chi connectivity index (χ2v) is 8.68. The van der Waals surface area contributed by atoms with Crippen LogP contribution in [0.15, 0.2) is 72.8 Å². The van der Waals surface area contributed by atoms with Gasteiger partial charge in [0.2, 0.25) is 5.91 Å². The van der Waals surface area contributed by atoms with E-state index in [0.717, 1.165) is 9.13 Å². The van der Waals surface area contributed by atoms with Crippen molar-refractivity contribution in [1.82, 2.24) is 0 Å². The van der Waals surface area contributed by atoms with Gasteiger partial charge in [-0.3, -0.25) is 4.79 Å². The van der Waals surface area contributed by atoms with E-state index in [4.69, 9.17) is 0 Å². The van der Waals surface area contributed by atoms with Gasteiger partial charge >= 0.3 is 0 Å². The fraction of sp³-hybridized carbons (Fsp3) is 0.208. The first-order valence-corrected chi connectivity index (χ1v) is 10.8. The van der Waals surface area contributed by atoms with E-state index in [1.54, 1.807) is 29.2 Å². The van der Waals surface area contributed by atoms with Gasteiger partial charge < -0.3 is 10.0 Å². The van der Waals surface area contributed by atoms with Crippen molar-refractivity contribution in [2.24, 2.45) is 5.92 Å². The summed E-state index contributed by atoms with van der Waals surface area (Å²) in [5.74, 6) is -1.04. The standard InChI is InChI=1S/C24H20F2INO2/c25-17-5-1-15(2-6-17)22(29)14-13-21-23(16-3-9-19(27)10-4-16)28(24(21)30)20-11-7-18(26)8-12-20/h1-12,21-23,29H,13-14H2/t21-,22?,23?/m1/s1. The molecular formula is C24H20F2INO2. The van der Waals surface area contributed by atoms with Crippen LogP contribution in [-0.4, -0.2) is 11.0 Å². The highest BCUT2D eigenvalue weighted by Gasteiger charge is 2.48. The average molecular weight is 519 g/mol. The fourth-order valence-electron chi connectivity index (χ4n) is 3.95. The van der Waals surface area contributed by atoms with Crippen LogP contribution in [-0.2, 0) is 4.79 Å². The molecule has 1 N–H and O–H groups in total. The van der Waals surface area contributed by atoms with Gasteiger partial charge in [0.05, 0.1) is 18.1 Å². The number of anilines is 1. The lowest BCUT2D eigenvalue weighted by atomic mass is 9.78. The summed E-state index contributed by atoms with van der Waals surface area (Å²) in [6.45, 7) is 0. The predicted octanol–water partition coefficient (Wildman–Crippen LogP) is 5.79. The monoisotopic (exact) mass is 519 g/mol. The van der Waals surface area contributed by atoms with Gasteiger partial charge in [0, 0.05) is 9.26 Å². The zero-order chi connectivity index (χ0) is 21.3. The molecule has 1 heterocycles. The summed E-state index contributed by atoms with van der Waals surface area (Å²) in [5, 5.41) is 10.5. The molecule has 0 radical (unpaired) electrons. The van der Waals surface area contributed by atoms with Gasteiger partial charge in [0.15, 0.2) is 0 Å². The molecule has 30 heavy (non-hydrogen) atoms. The molecule has 6 heteroatoms. The Bertz CT molecular complexity index is 1020. The smallest absolute Gasteiger partial charge is 0.233 e. The molecule has 1 amide bonds. The molecule has 0 saturated carbocycles. The molecule has 1 fully saturated rings. The van der Waals surface area contributed by atoms with Gasteiger partial charge in [-0.1, -0.05) is 24.3 Å². The van der Waals surface area contributed by atoms with Crippen LogP contribution < -0.4 is 4.90 Å². The number of nitrogens with zero attached hydrogens (tertiary/aromatic N) is 1. The Balaban J connectivity index is 1.55. The van der Waals surface area contributed by atoms with E-state index in [0.29, 0.717) is 24.1 Å². The van der Waals surface area contributed by atoms with E-state index in [9.17, 15) is 18.7 Å². The molecule has 1 aliphatic heterocycles. The number of rotatable bonds is 6. The highest BCUT2D eigenvalue weighted by atomic mass is 127. The maximum absolute atomic E-state index is 13.4. The van der Waals surface area contributed by atoms with Crippen molar-refractivity contribution in [2.75, 3.05) is 4.90 Å². The maximum atomic E-state index is 13.4. The van der Waals surface area contributed by atoms with Gasteiger partial charge in [-0.25, -0.2) is 8.78 Å². The number of hydrogen-bond acceptors (Lipinski definition) is 2. The van der Waals surface area contributed by atoms with E-state index in [1.165, 1.54) is 24.3 Å². The minimum Gasteiger partial charge on any atom is -0.388 e. The minimum absolute atomic E-state index is 0.0449. The summed E-state index contributed by atoms with van der Waals surface area (Å²) in [6, 6.07) is 19.5. The molecule has 1 saturated heterocycles. The first-order chi connectivity index (χ1) is 14.4. The predicted molar refractivity (Wildman–Crippen MR) is 120 cm³/mol. The molecule has 0 spiro atoms. The third-order valence-corrected chi connectivity index (χ3v) is 6.26. The third kappa shape index (κ3) is 4.25. The average Bonchev–Trinajstić information content (AvgIpc) is 2.74. The molecule has 3 nitrogen and oxygen atoms in total. The number of halogens is 3. The van der Waals surface area contributed by atoms with Crippen LogP contribution in [0.4, 0.5) is 14.5 Å². The Morgan fingerprint density at radius 1 is 0.900 bits per heavy atom. The number of benzene rings is 3. The van der Waals surface area contributed by atoms with E-state index < -0.39 is 6.10 Å². The van der Waals surface area contributed by atoms with Crippen LogP contribution in [0.2, 0.25) is 0 Å². The Kier molecular flexibility index (Phi) is 6.15. The van der Waals surface area contributed by atoms with Crippen molar-refractivity contribution in [3.8, 4) is 0 Å². The first-order valence-electron chi connectivity index (χ1n) is 9.71. The molecule has 4 rings (SSSR count). The zero-order valence-electron chi connectivity index (χ0n) is 16.0. The topological polar surface area (TPSA) is 40.5 Å². The Hall–Kier alpha value is -2.32. The van der Waals surface area contributed by atoms with Gasteiger partial charge in [-0.05, 0) is 95.1 Å². The van der Waals surface area contributed by atoms with Crippen LogP contribution in [0.25, 0.3) is 0 Å². The quantitative estimate of drug-likeness (QED) is 0.331. The summed E-state index contributed by atoms with van der Waals surface area (Å²) in [6.07, 6.45) is 0.113. The van der Waals surface area contributed by atoms with Gasteiger partial charge in [0.1, 0.15) is 11.6 Å². The molecule has 3 aromatic carbocycles. The maximum Gasteiger partial charge on any atom is 0.233 e. The van der Waals surface area contributed by atoms with Crippen LogP contribution >= 0.6 is 22.6 Å². The first kappa shape index (κ1) is 20.9. The fourth-order valence-corrected chi connectivity index (χ4v) is 4.31. The van der Waals surface area contributed by atoms with Gasteiger partial charge in [-0.15, -0.1) is 0 Å². The summed E-state index contributed by atoms with van der Waals surface area (Å²) in [4.78, 5) is 14.7. The summed E-state index contributed by atoms with van der Waals surface area (Å²) < 4.78 is 27.6. The molecule has 2 unspecified atom stereocenters. The highest BCUT2D eigenvalue weighted by molar-refractivity contribution is 14.1. The van der Waals surface area contributed by atoms with Crippen molar-refractivity contribution in [3.05, 3.63) is 99.1 Å². The number of hydrogen-bond donors (Lipinski definition) is 1. The molecule has 3 aromatic rings. The van der Waals surface area contributed by atoms with Gasteiger partial charge in [0.25, 0.3) is 0 Å². The number of aliphatic hydroxyl groups excluding tert-OH is 1. The summed E-state index contributed by atoms with van der Waals surface area (Å²) in [5.41, 5.74) is 2.28. The number of aliphatic hydroxyl groups is 1. The molecule has 0 aliphatic carbocycles. The van der Waals surface area contributed by atoms with Crippen molar-refractivity contribution in [2.45, 2.75) is 25.0 Å². The largest absolute Gasteiger partial charge is 0.388 e. The van der Waals surface area contributed by atoms with Crippen molar-refractivity contribution >= 4 is 34.2 Å². The molecule has 0 aromatic heterocycles. The Morgan fingerprint density at radius 2 is 1.47 bits per heavy atom. The molecule has 0 bridgehead atoms. The summed E-state index contributed by atoms with van der Waals surface area (Å²) in [7, 11) is 0. The normalized spacial score (nSPS) is 19.5. The highest BCUT2D eigenvalue weighted by Crippen LogP contribution is 2.46. The SMILES string of the molecule is O=C1[C@H](CCC(O)c2ccc(F)cc2)C(c2ccc(I)cc2)N1c1ccc(F)cc1.